The number of benzene rings is 2. The predicted octanol–water partition coefficient (Wildman–Crippen LogP) is 2.99. The van der Waals surface area contributed by atoms with Crippen molar-refractivity contribution in [3.8, 4) is 11.5 Å². The van der Waals surface area contributed by atoms with E-state index in [2.05, 4.69) is 5.32 Å². The van der Waals surface area contributed by atoms with Gasteiger partial charge in [0.1, 0.15) is 0 Å². The van der Waals surface area contributed by atoms with Crippen LogP contribution >= 0.6 is 0 Å². The van der Waals surface area contributed by atoms with Gasteiger partial charge in [-0.05, 0) is 35.7 Å². The number of esters is 1. The van der Waals surface area contributed by atoms with E-state index in [0.717, 1.165) is 17.7 Å². The Balaban J connectivity index is 1.87. The molecule has 0 radical (unpaired) electrons. The number of hydrogen-bond donors (Lipinski definition) is 1. The summed E-state index contributed by atoms with van der Waals surface area (Å²) in [4.78, 5) is 24.0. The highest BCUT2D eigenvalue weighted by atomic mass is 16.5. The first-order valence-corrected chi connectivity index (χ1v) is 8.31. The van der Waals surface area contributed by atoms with Gasteiger partial charge in [0.2, 0.25) is 0 Å². The molecule has 0 heterocycles. The first-order valence-electron chi connectivity index (χ1n) is 8.31. The molecule has 2 aromatic rings. The summed E-state index contributed by atoms with van der Waals surface area (Å²) in [5, 5.41) is 2.76. The van der Waals surface area contributed by atoms with Crippen molar-refractivity contribution in [3.63, 3.8) is 0 Å². The van der Waals surface area contributed by atoms with Crippen LogP contribution in [-0.4, -0.2) is 32.7 Å². The topological polar surface area (TPSA) is 73.9 Å². The number of hydrogen-bond acceptors (Lipinski definition) is 5. The maximum atomic E-state index is 12.0. The molecule has 0 bridgehead atoms. The minimum absolute atomic E-state index is 0.0409. The van der Waals surface area contributed by atoms with Gasteiger partial charge in [0, 0.05) is 5.69 Å². The molecule has 0 spiro atoms. The summed E-state index contributed by atoms with van der Waals surface area (Å²) in [5.74, 6) is 0.257. The molecule has 0 aliphatic heterocycles. The number of ether oxygens (including phenoxy) is 3. The molecule has 0 fully saturated rings. The van der Waals surface area contributed by atoms with Crippen LogP contribution in [0.5, 0.6) is 11.5 Å². The molecule has 0 aliphatic carbocycles. The fraction of sp³-hybridized carbons (Fsp3) is 0.300. The van der Waals surface area contributed by atoms with E-state index in [1.165, 1.54) is 7.11 Å². The number of methoxy groups -OCH3 is 2. The molecule has 0 aliphatic rings. The van der Waals surface area contributed by atoms with Crippen LogP contribution in [0.4, 0.5) is 5.69 Å². The molecule has 6 nitrogen and oxygen atoms in total. The fourth-order valence-electron chi connectivity index (χ4n) is 2.49. The van der Waals surface area contributed by atoms with Crippen LogP contribution in [0.25, 0.3) is 0 Å². The van der Waals surface area contributed by atoms with Crippen LogP contribution in [0.2, 0.25) is 0 Å². The summed E-state index contributed by atoms with van der Waals surface area (Å²) < 4.78 is 15.4. The van der Waals surface area contributed by atoms with E-state index < -0.39 is 5.97 Å². The maximum absolute atomic E-state index is 12.0. The molecule has 0 saturated carbocycles. The van der Waals surface area contributed by atoms with E-state index in [4.69, 9.17) is 14.2 Å². The molecule has 0 atom stereocenters. The SMILES string of the molecule is CCc1ccccc1NC(=O)COC(=O)Cc1ccc(OC)c(OC)c1. The Labute approximate surface area is 153 Å². The van der Waals surface area contributed by atoms with Crippen molar-refractivity contribution in [1.82, 2.24) is 0 Å². The highest BCUT2D eigenvalue weighted by Gasteiger charge is 2.12. The Bertz CT molecular complexity index is 773. The largest absolute Gasteiger partial charge is 0.493 e. The molecular formula is C20H23NO5. The van der Waals surface area contributed by atoms with Crippen molar-refractivity contribution in [1.29, 1.82) is 0 Å². The smallest absolute Gasteiger partial charge is 0.310 e. The van der Waals surface area contributed by atoms with Crippen molar-refractivity contribution >= 4 is 17.6 Å². The second kappa shape index (κ2) is 9.46. The number of para-hydroxylation sites is 1. The summed E-state index contributed by atoms with van der Waals surface area (Å²) in [6, 6.07) is 12.7. The third-order valence-corrected chi connectivity index (χ3v) is 3.83. The second-order valence-electron chi connectivity index (χ2n) is 5.59. The van der Waals surface area contributed by atoms with Crippen molar-refractivity contribution in [3.05, 3.63) is 53.6 Å². The molecule has 138 valence electrons. The van der Waals surface area contributed by atoms with Gasteiger partial charge in [-0.3, -0.25) is 9.59 Å². The number of rotatable bonds is 8. The maximum Gasteiger partial charge on any atom is 0.310 e. The average molecular weight is 357 g/mol. The van der Waals surface area contributed by atoms with E-state index in [1.807, 2.05) is 31.2 Å². The number of carbonyl (C=O) groups is 2. The first kappa shape index (κ1) is 19.3. The summed E-state index contributed by atoms with van der Waals surface area (Å²) in [6.45, 7) is 1.68. The van der Waals surface area contributed by atoms with Gasteiger partial charge in [-0.25, -0.2) is 0 Å². The van der Waals surface area contributed by atoms with Gasteiger partial charge >= 0.3 is 5.97 Å². The fourth-order valence-corrected chi connectivity index (χ4v) is 2.49. The van der Waals surface area contributed by atoms with Gasteiger partial charge in [-0.2, -0.15) is 0 Å². The Morgan fingerprint density at radius 2 is 1.73 bits per heavy atom. The summed E-state index contributed by atoms with van der Waals surface area (Å²) in [5.41, 5.74) is 2.47. The molecule has 26 heavy (non-hydrogen) atoms. The van der Waals surface area contributed by atoms with Crippen molar-refractivity contribution < 1.29 is 23.8 Å². The minimum atomic E-state index is -0.490. The summed E-state index contributed by atoms with van der Waals surface area (Å²) in [7, 11) is 3.07. The molecule has 2 rings (SSSR count). The quantitative estimate of drug-likeness (QED) is 0.735. The summed E-state index contributed by atoms with van der Waals surface area (Å²) >= 11 is 0. The first-order chi connectivity index (χ1) is 12.6. The van der Waals surface area contributed by atoms with Gasteiger partial charge in [0.25, 0.3) is 5.91 Å². The standard InChI is InChI=1S/C20H23NO5/c1-4-15-7-5-6-8-16(15)21-19(22)13-26-20(23)12-14-9-10-17(24-2)18(11-14)25-3/h5-11H,4,12-13H2,1-3H3,(H,21,22). The van der Waals surface area contributed by atoms with Crippen LogP contribution in [-0.2, 0) is 27.2 Å². The van der Waals surface area contributed by atoms with Gasteiger partial charge < -0.3 is 19.5 Å². The molecule has 0 aromatic heterocycles. The van der Waals surface area contributed by atoms with Gasteiger partial charge in [0.15, 0.2) is 18.1 Å². The lowest BCUT2D eigenvalue weighted by molar-refractivity contribution is -0.146. The van der Waals surface area contributed by atoms with Crippen molar-refractivity contribution in [2.45, 2.75) is 19.8 Å². The highest BCUT2D eigenvalue weighted by Crippen LogP contribution is 2.27. The second-order valence-corrected chi connectivity index (χ2v) is 5.59. The lowest BCUT2D eigenvalue weighted by Gasteiger charge is -2.11. The molecular weight excluding hydrogens is 334 g/mol. The number of nitrogens with one attached hydrogen (secondary N) is 1. The third kappa shape index (κ3) is 5.24. The zero-order valence-electron chi connectivity index (χ0n) is 15.2. The minimum Gasteiger partial charge on any atom is -0.493 e. The third-order valence-electron chi connectivity index (χ3n) is 3.83. The van der Waals surface area contributed by atoms with Crippen LogP contribution in [0.1, 0.15) is 18.1 Å². The zero-order valence-corrected chi connectivity index (χ0v) is 15.2. The number of amides is 1. The van der Waals surface area contributed by atoms with E-state index in [1.54, 1.807) is 25.3 Å². The molecule has 0 unspecified atom stereocenters. The van der Waals surface area contributed by atoms with Gasteiger partial charge in [-0.1, -0.05) is 31.2 Å². The predicted molar refractivity (Wildman–Crippen MR) is 98.7 cm³/mol. The van der Waals surface area contributed by atoms with Gasteiger partial charge in [-0.15, -0.1) is 0 Å². The molecule has 0 saturated heterocycles. The van der Waals surface area contributed by atoms with E-state index in [9.17, 15) is 9.59 Å². The number of aryl methyl sites for hydroxylation is 1. The highest BCUT2D eigenvalue weighted by molar-refractivity contribution is 5.93. The Morgan fingerprint density at radius 1 is 1.00 bits per heavy atom. The van der Waals surface area contributed by atoms with Crippen LogP contribution in [0.15, 0.2) is 42.5 Å². The summed E-state index contributed by atoms with van der Waals surface area (Å²) in [6.07, 6.45) is 0.842. The van der Waals surface area contributed by atoms with Crippen LogP contribution < -0.4 is 14.8 Å². The van der Waals surface area contributed by atoms with E-state index in [-0.39, 0.29) is 18.9 Å². The van der Waals surface area contributed by atoms with Crippen LogP contribution in [0.3, 0.4) is 0 Å². The van der Waals surface area contributed by atoms with E-state index >= 15 is 0 Å². The van der Waals surface area contributed by atoms with E-state index in [0.29, 0.717) is 17.1 Å². The Kier molecular flexibility index (Phi) is 7.02. The Morgan fingerprint density at radius 3 is 2.42 bits per heavy atom. The molecule has 2 aromatic carbocycles. The molecule has 6 heteroatoms. The zero-order chi connectivity index (χ0) is 18.9. The lowest BCUT2D eigenvalue weighted by atomic mass is 10.1. The molecule has 1 N–H and O–H groups in total. The normalized spacial score (nSPS) is 10.1. The van der Waals surface area contributed by atoms with Gasteiger partial charge in [0.05, 0.1) is 20.6 Å². The lowest BCUT2D eigenvalue weighted by Crippen LogP contribution is -2.22. The van der Waals surface area contributed by atoms with Crippen LogP contribution in [0, 0.1) is 0 Å². The van der Waals surface area contributed by atoms with Crippen molar-refractivity contribution in [2.75, 3.05) is 26.1 Å². The number of anilines is 1. The Hall–Kier alpha value is -3.02. The molecule has 1 amide bonds. The monoisotopic (exact) mass is 357 g/mol. The van der Waals surface area contributed by atoms with Crippen molar-refractivity contribution in [2.24, 2.45) is 0 Å². The average Bonchev–Trinajstić information content (AvgIpc) is 2.66. The number of carbonyl (C=O) groups excluding carboxylic acids is 2.